The highest BCUT2D eigenvalue weighted by Crippen LogP contribution is 2.67. The van der Waals surface area contributed by atoms with Crippen molar-refractivity contribution in [1.82, 2.24) is 0 Å². The smallest absolute Gasteiger partial charge is 0.139 e. The summed E-state index contributed by atoms with van der Waals surface area (Å²) in [4.78, 5) is 13.1. The number of hydrogen-bond donors (Lipinski definition) is 0. The molecule has 0 spiro atoms. The molecule has 0 amide bonds. The van der Waals surface area contributed by atoms with Gasteiger partial charge in [-0.2, -0.15) is 0 Å². The summed E-state index contributed by atoms with van der Waals surface area (Å²) < 4.78 is 0. The molecule has 0 aromatic rings. The van der Waals surface area contributed by atoms with E-state index in [1.165, 1.54) is 64.2 Å². The van der Waals surface area contributed by atoms with Gasteiger partial charge in [-0.1, -0.05) is 53.9 Å². The monoisotopic (exact) mass is 386 g/mol. The maximum atomic E-state index is 13.1. The van der Waals surface area contributed by atoms with Crippen molar-refractivity contribution in [3.8, 4) is 0 Å². The van der Waals surface area contributed by atoms with E-state index in [1.807, 2.05) is 0 Å². The normalized spacial score (nSPS) is 46.8. The Hall–Kier alpha value is -0.330. The first-order valence-electron chi connectivity index (χ1n) is 12.8. The highest BCUT2D eigenvalue weighted by atomic mass is 16.1. The summed E-state index contributed by atoms with van der Waals surface area (Å²) in [5.74, 6) is 6.44. The molecule has 0 aromatic carbocycles. The third-order valence-electron chi connectivity index (χ3n) is 10.7. The lowest BCUT2D eigenvalue weighted by atomic mass is 9.44. The fraction of sp³-hybridized carbons (Fsp3) is 0.963. The molecule has 0 bridgehead atoms. The topological polar surface area (TPSA) is 17.1 Å². The highest BCUT2D eigenvalue weighted by molar-refractivity contribution is 5.86. The number of carbonyl (C=O) groups is 1. The van der Waals surface area contributed by atoms with Crippen molar-refractivity contribution in [3.63, 3.8) is 0 Å². The Balaban J connectivity index is 1.49. The first-order valence-corrected chi connectivity index (χ1v) is 12.8. The Labute approximate surface area is 174 Å². The fourth-order valence-electron chi connectivity index (χ4n) is 9.11. The lowest BCUT2D eigenvalue weighted by Crippen LogP contribution is -2.56. The van der Waals surface area contributed by atoms with Gasteiger partial charge in [0.2, 0.25) is 0 Å². The van der Waals surface area contributed by atoms with Gasteiger partial charge < -0.3 is 0 Å². The van der Waals surface area contributed by atoms with Crippen molar-refractivity contribution in [2.75, 3.05) is 0 Å². The first kappa shape index (κ1) is 20.9. The molecule has 0 radical (unpaired) electrons. The predicted octanol–water partition coefficient (Wildman–Crippen LogP) is 7.68. The lowest BCUT2D eigenvalue weighted by molar-refractivity contribution is -0.156. The highest BCUT2D eigenvalue weighted by Gasteiger charge is 2.62. The summed E-state index contributed by atoms with van der Waals surface area (Å²) in [7, 11) is 0. The Kier molecular flexibility index (Phi) is 5.78. The SMILES string of the molecule is CC(C)CCC[C@@H](C)[C@H]1CC[C@H]2[C@@H]3CC[C@H]4CCCC(=O)[C@]4(C)[C@H]3CC[C@]12C. The van der Waals surface area contributed by atoms with E-state index in [4.69, 9.17) is 0 Å². The summed E-state index contributed by atoms with van der Waals surface area (Å²) in [5, 5.41) is 0. The number of ketones is 1. The van der Waals surface area contributed by atoms with Crippen molar-refractivity contribution in [1.29, 1.82) is 0 Å². The van der Waals surface area contributed by atoms with Crippen molar-refractivity contribution in [3.05, 3.63) is 0 Å². The minimum atomic E-state index is 0.0312. The summed E-state index contributed by atoms with van der Waals surface area (Å²) in [6.07, 6.45) is 16.0. The maximum absolute atomic E-state index is 13.1. The van der Waals surface area contributed by atoms with Crippen LogP contribution in [-0.2, 0) is 4.79 Å². The van der Waals surface area contributed by atoms with Gasteiger partial charge in [0.05, 0.1) is 0 Å². The van der Waals surface area contributed by atoms with Gasteiger partial charge in [-0.25, -0.2) is 0 Å². The van der Waals surface area contributed by atoms with Crippen LogP contribution in [0, 0.1) is 52.3 Å². The summed E-state index contributed by atoms with van der Waals surface area (Å²) in [6, 6.07) is 0. The summed E-state index contributed by atoms with van der Waals surface area (Å²) in [5.41, 5.74) is 0.586. The molecule has 0 aliphatic heterocycles. The molecule has 0 unspecified atom stereocenters. The maximum Gasteiger partial charge on any atom is 0.139 e. The third kappa shape index (κ3) is 3.22. The molecule has 1 heteroatoms. The largest absolute Gasteiger partial charge is 0.299 e. The van der Waals surface area contributed by atoms with E-state index in [-0.39, 0.29) is 5.41 Å². The molecule has 8 atom stereocenters. The van der Waals surface area contributed by atoms with Crippen LogP contribution in [0.1, 0.15) is 112 Å². The number of Topliss-reactive ketones (excluding diaryl/α,β-unsaturated/α-hetero) is 1. The number of hydrogen-bond acceptors (Lipinski definition) is 1. The molecule has 0 heterocycles. The predicted molar refractivity (Wildman–Crippen MR) is 118 cm³/mol. The van der Waals surface area contributed by atoms with Crippen LogP contribution in [0.15, 0.2) is 0 Å². The molecular formula is C27H46O. The van der Waals surface area contributed by atoms with Crippen LogP contribution in [0.25, 0.3) is 0 Å². The number of fused-ring (bicyclic) bond motifs is 5. The van der Waals surface area contributed by atoms with Gasteiger partial charge in [0.15, 0.2) is 0 Å². The van der Waals surface area contributed by atoms with Crippen molar-refractivity contribution in [2.45, 2.75) is 112 Å². The Morgan fingerprint density at radius 2 is 1.71 bits per heavy atom. The zero-order valence-corrected chi connectivity index (χ0v) is 19.4. The standard InChI is InChI=1S/C27H46O/c1-18(2)8-6-9-19(3)22-14-15-23-21-13-12-20-10-7-11-25(28)27(20,5)24(21)16-17-26(22,23)4/h18-24H,6-17H2,1-5H3/t19-,20-,21+,22-,23+,24+,26-,27+/m1/s1. The molecule has 4 rings (SSSR count). The van der Waals surface area contributed by atoms with Gasteiger partial charge in [-0.15, -0.1) is 0 Å². The second-order valence-electron chi connectivity index (χ2n) is 12.3. The number of carbonyl (C=O) groups excluding carboxylic acids is 1. The third-order valence-corrected chi connectivity index (χ3v) is 10.7. The van der Waals surface area contributed by atoms with Gasteiger partial charge in [0, 0.05) is 11.8 Å². The quantitative estimate of drug-likeness (QED) is 0.473. The molecule has 0 N–H and O–H groups in total. The van der Waals surface area contributed by atoms with E-state index in [9.17, 15) is 4.79 Å². The molecule has 4 aliphatic carbocycles. The van der Waals surface area contributed by atoms with E-state index >= 15 is 0 Å². The van der Waals surface area contributed by atoms with E-state index in [1.54, 1.807) is 0 Å². The average Bonchev–Trinajstić information content (AvgIpc) is 3.00. The molecular weight excluding hydrogens is 340 g/mol. The van der Waals surface area contributed by atoms with Gasteiger partial charge in [-0.3, -0.25) is 4.79 Å². The zero-order chi connectivity index (χ0) is 20.1. The van der Waals surface area contributed by atoms with Gasteiger partial charge in [0.1, 0.15) is 5.78 Å². The van der Waals surface area contributed by atoms with Crippen LogP contribution in [0.2, 0.25) is 0 Å². The Morgan fingerprint density at radius 3 is 2.46 bits per heavy atom. The minimum absolute atomic E-state index is 0.0312. The van der Waals surface area contributed by atoms with Gasteiger partial charge in [0.25, 0.3) is 0 Å². The van der Waals surface area contributed by atoms with E-state index in [0.717, 1.165) is 42.4 Å². The Morgan fingerprint density at radius 1 is 0.929 bits per heavy atom. The van der Waals surface area contributed by atoms with Crippen LogP contribution >= 0.6 is 0 Å². The van der Waals surface area contributed by atoms with Crippen LogP contribution in [0.5, 0.6) is 0 Å². The second-order valence-corrected chi connectivity index (χ2v) is 12.3. The molecule has 0 saturated heterocycles. The van der Waals surface area contributed by atoms with E-state index in [2.05, 4.69) is 34.6 Å². The minimum Gasteiger partial charge on any atom is -0.299 e. The van der Waals surface area contributed by atoms with E-state index < -0.39 is 0 Å². The molecule has 1 nitrogen and oxygen atoms in total. The molecule has 4 aliphatic rings. The van der Waals surface area contributed by atoms with Crippen LogP contribution < -0.4 is 0 Å². The van der Waals surface area contributed by atoms with Crippen molar-refractivity contribution in [2.24, 2.45) is 52.3 Å². The average molecular weight is 387 g/mol. The fourth-order valence-corrected chi connectivity index (χ4v) is 9.11. The van der Waals surface area contributed by atoms with E-state index in [0.29, 0.717) is 23.0 Å². The molecule has 4 saturated carbocycles. The first-order chi connectivity index (χ1) is 13.3. The molecule has 4 fully saturated rings. The summed E-state index contributed by atoms with van der Waals surface area (Å²) >= 11 is 0. The van der Waals surface area contributed by atoms with Crippen molar-refractivity contribution < 1.29 is 4.79 Å². The molecule has 160 valence electrons. The van der Waals surface area contributed by atoms with Gasteiger partial charge >= 0.3 is 0 Å². The lowest BCUT2D eigenvalue weighted by Gasteiger charge is -2.60. The zero-order valence-electron chi connectivity index (χ0n) is 19.4. The second kappa shape index (κ2) is 7.73. The van der Waals surface area contributed by atoms with Crippen LogP contribution in [0.4, 0.5) is 0 Å². The summed E-state index contributed by atoms with van der Waals surface area (Å²) in [6.45, 7) is 12.4. The Bertz CT molecular complexity index is 579. The van der Waals surface area contributed by atoms with Crippen LogP contribution in [0.3, 0.4) is 0 Å². The van der Waals surface area contributed by atoms with Crippen molar-refractivity contribution >= 4 is 5.78 Å². The van der Waals surface area contributed by atoms with Crippen LogP contribution in [-0.4, -0.2) is 5.78 Å². The number of rotatable bonds is 5. The van der Waals surface area contributed by atoms with Gasteiger partial charge in [-0.05, 0) is 98.2 Å². The molecule has 28 heavy (non-hydrogen) atoms. The molecule has 0 aromatic heterocycles.